The Balaban J connectivity index is 2.31. The van der Waals surface area contributed by atoms with Crippen LogP contribution in [0.15, 0.2) is 11.7 Å². The number of hydrogen-bond acceptors (Lipinski definition) is 4. The third-order valence-electron chi connectivity index (χ3n) is 1.33. The maximum Gasteiger partial charge on any atom is 0.0794 e. The molecule has 0 aliphatic rings. The number of nitrogens with two attached hydrogens (primary N) is 1. The molecule has 0 saturated carbocycles. The second-order valence-electron chi connectivity index (χ2n) is 2.39. The molecule has 1 unspecified atom stereocenters. The molecule has 0 spiro atoms. The van der Waals surface area contributed by atoms with Gasteiger partial charge < -0.3 is 10.5 Å². The lowest BCUT2D eigenvalue weighted by Gasteiger charge is -2.07. The van der Waals surface area contributed by atoms with E-state index in [2.05, 4.69) is 4.98 Å². The predicted octanol–water partition coefficient (Wildman–Crippen LogP) is 0.659. The first-order valence-corrected chi connectivity index (χ1v) is 4.32. The molecule has 0 bridgehead atoms. The van der Waals surface area contributed by atoms with Gasteiger partial charge in [-0.15, -0.1) is 11.3 Å². The van der Waals surface area contributed by atoms with Crippen LogP contribution in [0.25, 0.3) is 0 Å². The molecule has 62 valence electrons. The van der Waals surface area contributed by atoms with Crippen molar-refractivity contribution in [2.75, 3.05) is 13.7 Å². The van der Waals surface area contributed by atoms with Crippen molar-refractivity contribution in [3.63, 3.8) is 0 Å². The van der Waals surface area contributed by atoms with E-state index in [0.29, 0.717) is 6.61 Å². The molecule has 1 aromatic heterocycles. The average molecular weight is 172 g/mol. The van der Waals surface area contributed by atoms with Crippen LogP contribution in [0.1, 0.15) is 4.88 Å². The van der Waals surface area contributed by atoms with Gasteiger partial charge >= 0.3 is 0 Å². The summed E-state index contributed by atoms with van der Waals surface area (Å²) in [5.41, 5.74) is 7.54. The number of rotatable bonds is 4. The standard InChI is InChI=1S/C7H12N2OS/c1-10-4-6(8)2-7-3-9-5-11-7/h3,5-6H,2,4,8H2,1H3. The molecule has 0 radical (unpaired) electrons. The predicted molar refractivity (Wildman–Crippen MR) is 45.7 cm³/mol. The number of methoxy groups -OCH3 is 1. The van der Waals surface area contributed by atoms with Gasteiger partial charge in [-0.2, -0.15) is 0 Å². The first kappa shape index (κ1) is 8.64. The van der Waals surface area contributed by atoms with E-state index in [0.717, 1.165) is 6.42 Å². The lowest BCUT2D eigenvalue weighted by Crippen LogP contribution is -2.27. The van der Waals surface area contributed by atoms with Gasteiger partial charge in [0.2, 0.25) is 0 Å². The van der Waals surface area contributed by atoms with Crippen molar-refractivity contribution in [2.45, 2.75) is 12.5 Å². The van der Waals surface area contributed by atoms with Crippen LogP contribution in [0.3, 0.4) is 0 Å². The van der Waals surface area contributed by atoms with E-state index in [9.17, 15) is 0 Å². The SMILES string of the molecule is COCC(N)Cc1cncs1. The van der Waals surface area contributed by atoms with E-state index >= 15 is 0 Å². The van der Waals surface area contributed by atoms with Crippen molar-refractivity contribution in [2.24, 2.45) is 5.73 Å². The van der Waals surface area contributed by atoms with Gasteiger partial charge in [0.1, 0.15) is 0 Å². The molecule has 1 rings (SSSR count). The summed E-state index contributed by atoms with van der Waals surface area (Å²) in [6.45, 7) is 0.609. The second-order valence-corrected chi connectivity index (χ2v) is 3.36. The Kier molecular flexibility index (Phi) is 3.48. The number of thiazole rings is 1. The monoisotopic (exact) mass is 172 g/mol. The minimum absolute atomic E-state index is 0.0976. The maximum absolute atomic E-state index is 5.73. The van der Waals surface area contributed by atoms with Gasteiger partial charge in [-0.1, -0.05) is 0 Å². The number of nitrogens with zero attached hydrogens (tertiary/aromatic N) is 1. The molecule has 0 aliphatic carbocycles. The van der Waals surface area contributed by atoms with E-state index in [4.69, 9.17) is 10.5 Å². The molecule has 1 atom stereocenters. The van der Waals surface area contributed by atoms with Crippen molar-refractivity contribution in [3.8, 4) is 0 Å². The smallest absolute Gasteiger partial charge is 0.0794 e. The quantitative estimate of drug-likeness (QED) is 0.725. The molecule has 0 aliphatic heterocycles. The van der Waals surface area contributed by atoms with Gasteiger partial charge in [0.25, 0.3) is 0 Å². The summed E-state index contributed by atoms with van der Waals surface area (Å²) >= 11 is 1.63. The maximum atomic E-state index is 5.73. The zero-order valence-electron chi connectivity index (χ0n) is 6.49. The van der Waals surface area contributed by atoms with E-state index in [1.165, 1.54) is 4.88 Å². The van der Waals surface area contributed by atoms with Crippen LogP contribution in [0.5, 0.6) is 0 Å². The Morgan fingerprint density at radius 1 is 1.82 bits per heavy atom. The molecule has 3 nitrogen and oxygen atoms in total. The van der Waals surface area contributed by atoms with Crippen molar-refractivity contribution < 1.29 is 4.74 Å². The highest BCUT2D eigenvalue weighted by Gasteiger charge is 2.03. The lowest BCUT2D eigenvalue weighted by atomic mass is 10.2. The summed E-state index contributed by atoms with van der Waals surface area (Å²) < 4.78 is 4.91. The van der Waals surface area contributed by atoms with Gasteiger partial charge in [-0.25, -0.2) is 0 Å². The molecule has 1 aromatic rings. The van der Waals surface area contributed by atoms with Crippen LogP contribution < -0.4 is 5.73 Å². The molecule has 1 heterocycles. The summed E-state index contributed by atoms with van der Waals surface area (Å²) in [7, 11) is 1.66. The summed E-state index contributed by atoms with van der Waals surface area (Å²) in [6.07, 6.45) is 2.71. The highest BCUT2D eigenvalue weighted by atomic mass is 32.1. The van der Waals surface area contributed by atoms with Crippen molar-refractivity contribution in [3.05, 3.63) is 16.6 Å². The minimum atomic E-state index is 0.0976. The highest BCUT2D eigenvalue weighted by molar-refractivity contribution is 7.09. The fraction of sp³-hybridized carbons (Fsp3) is 0.571. The Labute approximate surface area is 70.2 Å². The number of ether oxygens (including phenoxy) is 1. The van der Waals surface area contributed by atoms with Gasteiger partial charge in [0, 0.05) is 30.6 Å². The Morgan fingerprint density at radius 2 is 2.64 bits per heavy atom. The second kappa shape index (κ2) is 4.43. The molecular formula is C7H12N2OS. The normalized spacial score (nSPS) is 13.3. The molecule has 0 fully saturated rings. The zero-order chi connectivity index (χ0) is 8.10. The summed E-state index contributed by atoms with van der Waals surface area (Å²) in [4.78, 5) is 5.17. The molecule has 2 N–H and O–H groups in total. The topological polar surface area (TPSA) is 48.1 Å². The zero-order valence-corrected chi connectivity index (χ0v) is 7.30. The van der Waals surface area contributed by atoms with E-state index < -0.39 is 0 Å². The number of hydrogen-bond donors (Lipinski definition) is 1. The van der Waals surface area contributed by atoms with Crippen LogP contribution in [0.2, 0.25) is 0 Å². The summed E-state index contributed by atoms with van der Waals surface area (Å²) in [5.74, 6) is 0. The summed E-state index contributed by atoms with van der Waals surface area (Å²) in [6, 6.07) is 0.0976. The van der Waals surface area contributed by atoms with Gasteiger partial charge in [0.05, 0.1) is 12.1 Å². The molecular weight excluding hydrogens is 160 g/mol. The molecule has 11 heavy (non-hydrogen) atoms. The van der Waals surface area contributed by atoms with Gasteiger partial charge in [-0.05, 0) is 0 Å². The van der Waals surface area contributed by atoms with Crippen LogP contribution in [-0.2, 0) is 11.2 Å². The first-order chi connectivity index (χ1) is 5.33. The Morgan fingerprint density at radius 3 is 3.18 bits per heavy atom. The van der Waals surface area contributed by atoms with Crippen LogP contribution in [0.4, 0.5) is 0 Å². The fourth-order valence-corrected chi connectivity index (χ4v) is 1.56. The van der Waals surface area contributed by atoms with Crippen LogP contribution in [0, 0.1) is 0 Å². The van der Waals surface area contributed by atoms with Gasteiger partial charge in [-0.3, -0.25) is 4.98 Å². The van der Waals surface area contributed by atoms with Crippen molar-refractivity contribution in [1.29, 1.82) is 0 Å². The largest absolute Gasteiger partial charge is 0.383 e. The molecule has 0 aromatic carbocycles. The Hall–Kier alpha value is -0.450. The van der Waals surface area contributed by atoms with E-state index in [1.54, 1.807) is 18.4 Å². The summed E-state index contributed by atoms with van der Waals surface area (Å²) in [5, 5.41) is 0. The molecule has 4 heteroatoms. The first-order valence-electron chi connectivity index (χ1n) is 3.45. The number of aromatic nitrogens is 1. The van der Waals surface area contributed by atoms with Crippen molar-refractivity contribution >= 4 is 11.3 Å². The van der Waals surface area contributed by atoms with Crippen LogP contribution >= 0.6 is 11.3 Å². The lowest BCUT2D eigenvalue weighted by molar-refractivity contribution is 0.180. The minimum Gasteiger partial charge on any atom is -0.383 e. The highest BCUT2D eigenvalue weighted by Crippen LogP contribution is 2.07. The third kappa shape index (κ3) is 2.96. The third-order valence-corrected chi connectivity index (χ3v) is 2.13. The average Bonchev–Trinajstić information content (AvgIpc) is 2.40. The fourth-order valence-electron chi connectivity index (χ4n) is 0.874. The van der Waals surface area contributed by atoms with Gasteiger partial charge in [0.15, 0.2) is 0 Å². The molecule has 0 amide bonds. The Bertz CT molecular complexity index is 188. The van der Waals surface area contributed by atoms with Crippen LogP contribution in [-0.4, -0.2) is 24.7 Å². The van der Waals surface area contributed by atoms with E-state index in [-0.39, 0.29) is 6.04 Å². The molecule has 0 saturated heterocycles. The van der Waals surface area contributed by atoms with E-state index in [1.807, 2.05) is 11.7 Å². The van der Waals surface area contributed by atoms with Crippen molar-refractivity contribution in [1.82, 2.24) is 4.98 Å².